The fourth-order valence-corrected chi connectivity index (χ4v) is 5.46. The van der Waals surface area contributed by atoms with Crippen LogP contribution in [0.1, 0.15) is 39.2 Å². The highest BCUT2D eigenvalue weighted by atomic mass is 32.2. The average molecular weight is 460 g/mol. The van der Waals surface area contributed by atoms with Crippen LogP contribution in [0.3, 0.4) is 0 Å². The van der Waals surface area contributed by atoms with Crippen molar-refractivity contribution in [2.45, 2.75) is 44.9 Å². The minimum Gasteiger partial charge on any atom is -0.494 e. The molecule has 32 heavy (non-hydrogen) atoms. The van der Waals surface area contributed by atoms with Crippen LogP contribution in [0.4, 0.5) is 11.4 Å². The number of carbonyl (C=O) groups is 1. The Morgan fingerprint density at radius 1 is 1.03 bits per heavy atom. The van der Waals surface area contributed by atoms with Crippen LogP contribution >= 0.6 is 0 Å². The Morgan fingerprint density at radius 2 is 1.69 bits per heavy atom. The molecule has 2 aromatic rings. The third kappa shape index (κ3) is 5.61. The summed E-state index contributed by atoms with van der Waals surface area (Å²) >= 11 is 0. The maximum Gasteiger partial charge on any atom is 0.243 e. The fourth-order valence-electron chi connectivity index (χ4n) is 3.97. The molecule has 1 aliphatic rings. The summed E-state index contributed by atoms with van der Waals surface area (Å²) in [5, 5.41) is 2.97. The van der Waals surface area contributed by atoms with E-state index in [1.54, 1.807) is 12.1 Å². The fraction of sp³-hybridized carbons (Fsp3) is 0.458. The summed E-state index contributed by atoms with van der Waals surface area (Å²) in [5.41, 5.74) is 2.26. The van der Waals surface area contributed by atoms with Gasteiger partial charge in [-0.25, -0.2) is 8.42 Å². The van der Waals surface area contributed by atoms with Gasteiger partial charge in [-0.15, -0.1) is 0 Å². The van der Waals surface area contributed by atoms with E-state index in [-0.39, 0.29) is 17.2 Å². The molecule has 1 saturated heterocycles. The lowest BCUT2D eigenvalue weighted by atomic mass is 10.1. The molecule has 1 N–H and O–H groups in total. The molecule has 7 nitrogen and oxygen atoms in total. The SMILES string of the molecule is CCOc1ccc(CC(=O)Nc2cc(S(=O)(=O)N(CC)CC)ccc2N2CCCC2)cc1. The van der Waals surface area contributed by atoms with Crippen molar-refractivity contribution in [3.63, 3.8) is 0 Å². The lowest BCUT2D eigenvalue weighted by Crippen LogP contribution is -2.31. The zero-order valence-corrected chi connectivity index (χ0v) is 20.0. The van der Waals surface area contributed by atoms with Gasteiger partial charge in [0.1, 0.15) is 5.75 Å². The summed E-state index contributed by atoms with van der Waals surface area (Å²) in [4.78, 5) is 15.2. The van der Waals surface area contributed by atoms with Gasteiger partial charge in [-0.1, -0.05) is 26.0 Å². The van der Waals surface area contributed by atoms with Crippen LogP contribution in [0.15, 0.2) is 47.4 Å². The van der Waals surface area contributed by atoms with Crippen molar-refractivity contribution in [3.8, 4) is 5.75 Å². The first kappa shape index (κ1) is 24.1. The van der Waals surface area contributed by atoms with Crippen LogP contribution in [0, 0.1) is 0 Å². The second kappa shape index (κ2) is 10.8. The second-order valence-electron chi connectivity index (χ2n) is 7.76. The van der Waals surface area contributed by atoms with Crippen LogP contribution < -0.4 is 15.0 Å². The zero-order chi connectivity index (χ0) is 23.1. The number of benzene rings is 2. The van der Waals surface area contributed by atoms with Gasteiger partial charge in [0, 0.05) is 26.2 Å². The molecule has 1 aliphatic heterocycles. The molecular formula is C24H33N3O4S. The highest BCUT2D eigenvalue weighted by molar-refractivity contribution is 7.89. The number of nitrogens with zero attached hydrogens (tertiary/aromatic N) is 2. The van der Waals surface area contributed by atoms with Crippen LogP contribution in [0.2, 0.25) is 0 Å². The number of ether oxygens (including phenoxy) is 1. The summed E-state index contributed by atoms with van der Waals surface area (Å²) in [5.74, 6) is 0.578. The van der Waals surface area contributed by atoms with Gasteiger partial charge >= 0.3 is 0 Å². The number of sulfonamides is 1. The van der Waals surface area contributed by atoms with Crippen molar-refractivity contribution in [1.29, 1.82) is 0 Å². The van der Waals surface area contributed by atoms with Gasteiger partial charge in [0.2, 0.25) is 15.9 Å². The Hall–Kier alpha value is -2.58. The van der Waals surface area contributed by atoms with Gasteiger partial charge in [0.15, 0.2) is 0 Å². The van der Waals surface area contributed by atoms with E-state index in [0.29, 0.717) is 25.4 Å². The maximum atomic E-state index is 13.0. The Bertz CT molecular complexity index is 1010. The third-order valence-electron chi connectivity index (χ3n) is 5.63. The minimum atomic E-state index is -3.62. The lowest BCUT2D eigenvalue weighted by Gasteiger charge is -2.24. The molecule has 3 rings (SSSR count). The quantitative estimate of drug-likeness (QED) is 0.583. The monoisotopic (exact) mass is 459 g/mol. The molecule has 0 aromatic heterocycles. The van der Waals surface area contributed by atoms with Crippen LogP contribution in [0.5, 0.6) is 5.75 Å². The molecular weight excluding hydrogens is 426 g/mol. The van der Waals surface area contributed by atoms with Crippen LogP contribution in [-0.4, -0.2) is 51.4 Å². The summed E-state index contributed by atoms with van der Waals surface area (Å²) in [7, 11) is -3.62. The number of hydrogen-bond donors (Lipinski definition) is 1. The van der Waals surface area contributed by atoms with Crippen molar-refractivity contribution < 1.29 is 17.9 Å². The number of carbonyl (C=O) groups excluding carboxylic acids is 1. The normalized spacial score (nSPS) is 14.1. The highest BCUT2D eigenvalue weighted by Gasteiger charge is 2.25. The number of hydrogen-bond acceptors (Lipinski definition) is 5. The van der Waals surface area contributed by atoms with E-state index in [2.05, 4.69) is 10.2 Å². The Morgan fingerprint density at radius 3 is 2.28 bits per heavy atom. The van der Waals surface area contributed by atoms with E-state index < -0.39 is 10.0 Å². The molecule has 1 amide bonds. The van der Waals surface area contributed by atoms with Crippen molar-refractivity contribution in [3.05, 3.63) is 48.0 Å². The molecule has 0 atom stereocenters. The Labute approximate surface area is 191 Å². The molecule has 174 valence electrons. The van der Waals surface area contributed by atoms with Gasteiger partial charge in [-0.2, -0.15) is 4.31 Å². The van der Waals surface area contributed by atoms with E-state index >= 15 is 0 Å². The summed E-state index contributed by atoms with van der Waals surface area (Å²) in [6.07, 6.45) is 2.36. The average Bonchev–Trinajstić information content (AvgIpc) is 3.30. The predicted molar refractivity (Wildman–Crippen MR) is 128 cm³/mol. The van der Waals surface area contributed by atoms with Crippen molar-refractivity contribution in [2.75, 3.05) is 43.0 Å². The van der Waals surface area contributed by atoms with Gasteiger partial charge < -0.3 is 15.0 Å². The van der Waals surface area contributed by atoms with Crippen molar-refractivity contribution >= 4 is 27.3 Å². The molecule has 0 spiro atoms. The Kier molecular flexibility index (Phi) is 8.15. The maximum absolute atomic E-state index is 13.0. The van der Waals surface area contributed by atoms with E-state index in [4.69, 9.17) is 4.74 Å². The first-order valence-corrected chi connectivity index (χ1v) is 12.7. The van der Waals surface area contributed by atoms with E-state index in [1.807, 2.05) is 51.1 Å². The molecule has 1 fully saturated rings. The number of nitrogens with one attached hydrogen (secondary N) is 1. The standard InChI is InChI=1S/C24H33N3O4S/c1-4-27(5-2)32(29,30)21-13-14-23(26-15-7-8-16-26)22(18-21)25-24(28)17-19-9-11-20(12-10-19)31-6-3/h9-14,18H,4-8,15-17H2,1-3H3,(H,25,28). The molecule has 0 aliphatic carbocycles. The van der Waals surface area contributed by atoms with Crippen LogP contribution in [-0.2, 0) is 21.2 Å². The van der Waals surface area contributed by atoms with Crippen molar-refractivity contribution in [2.24, 2.45) is 0 Å². The molecule has 0 radical (unpaired) electrons. The first-order chi connectivity index (χ1) is 15.4. The van der Waals surface area contributed by atoms with Crippen molar-refractivity contribution in [1.82, 2.24) is 4.31 Å². The van der Waals surface area contributed by atoms with E-state index in [9.17, 15) is 13.2 Å². The number of anilines is 2. The van der Waals surface area contributed by atoms with Gasteiger partial charge in [0.25, 0.3) is 0 Å². The van der Waals surface area contributed by atoms with E-state index in [1.165, 1.54) is 4.31 Å². The minimum absolute atomic E-state index is 0.188. The first-order valence-electron chi connectivity index (χ1n) is 11.3. The topological polar surface area (TPSA) is 78.9 Å². The van der Waals surface area contributed by atoms with Gasteiger partial charge in [0.05, 0.1) is 29.3 Å². The zero-order valence-electron chi connectivity index (χ0n) is 19.1. The largest absolute Gasteiger partial charge is 0.494 e. The lowest BCUT2D eigenvalue weighted by molar-refractivity contribution is -0.115. The van der Waals surface area contributed by atoms with Gasteiger partial charge in [-0.3, -0.25) is 4.79 Å². The highest BCUT2D eigenvalue weighted by Crippen LogP contribution is 2.32. The summed E-state index contributed by atoms with van der Waals surface area (Å²) in [6.45, 7) is 8.73. The third-order valence-corrected chi connectivity index (χ3v) is 7.68. The molecule has 2 aromatic carbocycles. The number of rotatable bonds is 10. The molecule has 0 saturated carbocycles. The molecule has 8 heteroatoms. The Balaban J connectivity index is 1.85. The molecule has 1 heterocycles. The molecule has 0 bridgehead atoms. The molecule has 0 unspecified atom stereocenters. The van der Waals surface area contributed by atoms with E-state index in [0.717, 1.165) is 42.9 Å². The summed E-state index contributed by atoms with van der Waals surface area (Å²) in [6, 6.07) is 12.5. The smallest absolute Gasteiger partial charge is 0.243 e. The number of amides is 1. The summed E-state index contributed by atoms with van der Waals surface area (Å²) < 4.78 is 32.9. The predicted octanol–water partition coefficient (Wildman–Crippen LogP) is 3.90. The second-order valence-corrected chi connectivity index (χ2v) is 9.70. The van der Waals surface area contributed by atoms with Gasteiger partial charge in [-0.05, 0) is 55.7 Å². The van der Waals surface area contributed by atoms with Crippen LogP contribution in [0.25, 0.3) is 0 Å².